The Labute approximate surface area is 167 Å². The molecule has 4 aliphatic rings. The maximum Gasteiger partial charge on any atom is 0.416 e. The van der Waals surface area contributed by atoms with Crippen LogP contribution in [-0.2, 0) is 15.8 Å². The quantitative estimate of drug-likeness (QED) is 0.811. The van der Waals surface area contributed by atoms with Crippen LogP contribution in [0.3, 0.4) is 0 Å². The van der Waals surface area contributed by atoms with Crippen molar-refractivity contribution >= 4 is 11.8 Å². The van der Waals surface area contributed by atoms with Gasteiger partial charge in [-0.3, -0.25) is 9.59 Å². The first-order chi connectivity index (χ1) is 13.7. The van der Waals surface area contributed by atoms with Crippen LogP contribution in [0, 0.1) is 11.3 Å². The van der Waals surface area contributed by atoms with Crippen LogP contribution in [-0.4, -0.2) is 35.3 Å². The summed E-state index contributed by atoms with van der Waals surface area (Å²) in [6.07, 6.45) is 1.55. The Balaban J connectivity index is 1.14. The number of rotatable bonds is 2. The molecule has 2 amide bonds. The summed E-state index contributed by atoms with van der Waals surface area (Å²) in [5.41, 5.74) is 0.371. The molecule has 156 valence electrons. The van der Waals surface area contributed by atoms with E-state index in [1.54, 1.807) is 12.1 Å². The van der Waals surface area contributed by atoms with Crippen LogP contribution in [0.1, 0.15) is 62.0 Å². The van der Waals surface area contributed by atoms with Gasteiger partial charge >= 0.3 is 6.18 Å². The van der Waals surface area contributed by atoms with Gasteiger partial charge in [-0.25, -0.2) is 0 Å². The summed E-state index contributed by atoms with van der Waals surface area (Å²) >= 11 is 0. The number of nitrogens with one attached hydrogen (secondary N) is 1. The number of halogens is 3. The lowest BCUT2D eigenvalue weighted by atomic mass is 9.66. The maximum atomic E-state index is 12.8. The number of nitrogens with zero attached hydrogens (tertiary/aromatic N) is 1. The van der Waals surface area contributed by atoms with Crippen LogP contribution in [0.5, 0.6) is 0 Å². The first-order valence-corrected chi connectivity index (χ1v) is 10.4. The molecule has 2 saturated carbocycles. The molecular formula is C22H25F3N2O2. The van der Waals surface area contributed by atoms with Gasteiger partial charge in [0.2, 0.25) is 11.8 Å². The molecule has 0 aromatic heterocycles. The molecule has 0 radical (unpaired) electrons. The summed E-state index contributed by atoms with van der Waals surface area (Å²) in [7, 11) is 0. The van der Waals surface area contributed by atoms with Gasteiger partial charge in [0, 0.05) is 36.4 Å². The highest BCUT2D eigenvalue weighted by Gasteiger charge is 2.55. The zero-order valence-corrected chi connectivity index (χ0v) is 16.2. The van der Waals surface area contributed by atoms with Gasteiger partial charge in [-0.1, -0.05) is 12.1 Å². The summed E-state index contributed by atoms with van der Waals surface area (Å²) in [5, 5.41) is 3.03. The van der Waals surface area contributed by atoms with E-state index < -0.39 is 11.7 Å². The van der Waals surface area contributed by atoms with E-state index in [0.29, 0.717) is 6.42 Å². The van der Waals surface area contributed by atoms with Gasteiger partial charge in [0.25, 0.3) is 0 Å². The summed E-state index contributed by atoms with van der Waals surface area (Å²) in [4.78, 5) is 26.2. The topological polar surface area (TPSA) is 49.4 Å². The van der Waals surface area contributed by atoms with Crippen molar-refractivity contribution in [2.75, 3.05) is 13.1 Å². The second kappa shape index (κ2) is 6.22. The minimum Gasteiger partial charge on any atom is -0.351 e. The fraction of sp³-hybridized carbons (Fsp3) is 0.636. The van der Waals surface area contributed by atoms with Crippen molar-refractivity contribution in [1.29, 1.82) is 0 Å². The van der Waals surface area contributed by atoms with Crippen molar-refractivity contribution in [3.63, 3.8) is 0 Å². The second-order valence-corrected chi connectivity index (χ2v) is 9.69. The summed E-state index contributed by atoms with van der Waals surface area (Å²) in [6, 6.07) is 5.56. The molecule has 0 unspecified atom stereocenters. The van der Waals surface area contributed by atoms with E-state index in [1.165, 1.54) is 12.1 Å². The van der Waals surface area contributed by atoms with Crippen molar-refractivity contribution < 1.29 is 22.8 Å². The van der Waals surface area contributed by atoms with Crippen molar-refractivity contribution in [2.45, 2.75) is 62.6 Å². The average Bonchev–Trinajstić information content (AvgIpc) is 3.22. The average molecular weight is 406 g/mol. The lowest BCUT2D eigenvalue weighted by Gasteiger charge is -2.53. The lowest BCUT2D eigenvalue weighted by molar-refractivity contribution is -0.153. The predicted octanol–water partition coefficient (Wildman–Crippen LogP) is 3.86. The third kappa shape index (κ3) is 3.22. The minimum absolute atomic E-state index is 0.0258. The van der Waals surface area contributed by atoms with Gasteiger partial charge in [-0.05, 0) is 62.1 Å². The standard InChI is InChI=1S/C22H25F3N2O2/c23-22(24,25)17-3-1-14(2-4-17)15-5-7-20(9-15)12-27(13-20)19(29)16-10-21(11-16)8-6-18(28)26-21/h1-4,15-16H,5-13H2,(H,26,28)/t15-,16?,21?/m0/s1. The van der Waals surface area contributed by atoms with E-state index in [2.05, 4.69) is 5.32 Å². The Hall–Kier alpha value is -2.05. The molecule has 2 aliphatic carbocycles. The first-order valence-electron chi connectivity index (χ1n) is 10.4. The molecule has 4 nitrogen and oxygen atoms in total. The van der Waals surface area contributed by atoms with E-state index in [1.807, 2.05) is 4.90 Å². The van der Waals surface area contributed by atoms with Crippen LogP contribution in [0.25, 0.3) is 0 Å². The monoisotopic (exact) mass is 406 g/mol. The Morgan fingerprint density at radius 2 is 1.76 bits per heavy atom. The SMILES string of the molecule is O=C1CCC2(CC(C(=O)N3CC4(CC[C@H](c5ccc(C(F)(F)F)cc5)C4)C3)C2)N1. The molecule has 1 N–H and O–H groups in total. The molecule has 4 fully saturated rings. The summed E-state index contributed by atoms with van der Waals surface area (Å²) in [6.45, 7) is 1.53. The number of benzene rings is 1. The highest BCUT2D eigenvalue weighted by atomic mass is 19.4. The molecule has 2 aliphatic heterocycles. The fourth-order valence-corrected chi connectivity index (χ4v) is 6.04. The first kappa shape index (κ1) is 18.9. The van der Waals surface area contributed by atoms with Gasteiger partial charge in [0.05, 0.1) is 5.56 Å². The molecule has 1 aromatic carbocycles. The molecule has 2 spiro atoms. The van der Waals surface area contributed by atoms with E-state index in [0.717, 1.165) is 57.2 Å². The summed E-state index contributed by atoms with van der Waals surface area (Å²) < 4.78 is 38.3. The van der Waals surface area contributed by atoms with E-state index in [9.17, 15) is 22.8 Å². The molecule has 2 heterocycles. The number of alkyl halides is 3. The minimum atomic E-state index is -4.30. The zero-order chi connectivity index (χ0) is 20.4. The predicted molar refractivity (Wildman–Crippen MR) is 99.9 cm³/mol. The highest BCUT2D eigenvalue weighted by molar-refractivity contribution is 5.84. The molecule has 0 bridgehead atoms. The Bertz CT molecular complexity index is 837. The highest BCUT2D eigenvalue weighted by Crippen LogP contribution is 2.53. The van der Waals surface area contributed by atoms with Crippen LogP contribution in [0.2, 0.25) is 0 Å². The van der Waals surface area contributed by atoms with Crippen LogP contribution >= 0.6 is 0 Å². The number of carbonyl (C=O) groups is 2. The number of carbonyl (C=O) groups excluding carboxylic acids is 2. The van der Waals surface area contributed by atoms with Gasteiger partial charge in [0.15, 0.2) is 0 Å². The molecule has 29 heavy (non-hydrogen) atoms. The van der Waals surface area contributed by atoms with E-state index >= 15 is 0 Å². The van der Waals surface area contributed by atoms with Gasteiger partial charge in [-0.15, -0.1) is 0 Å². The molecular weight excluding hydrogens is 381 g/mol. The van der Waals surface area contributed by atoms with Gasteiger partial charge in [-0.2, -0.15) is 13.2 Å². The van der Waals surface area contributed by atoms with E-state index in [4.69, 9.17) is 0 Å². The molecule has 1 atom stereocenters. The van der Waals surface area contributed by atoms with Crippen LogP contribution in [0.4, 0.5) is 13.2 Å². The molecule has 1 aromatic rings. The van der Waals surface area contributed by atoms with Crippen molar-refractivity contribution in [3.05, 3.63) is 35.4 Å². The normalized spacial score (nSPS) is 32.9. The van der Waals surface area contributed by atoms with Crippen LogP contribution in [0.15, 0.2) is 24.3 Å². The number of amides is 2. The second-order valence-electron chi connectivity index (χ2n) is 9.69. The molecule has 5 rings (SSSR count). The number of hydrogen-bond acceptors (Lipinski definition) is 2. The maximum absolute atomic E-state index is 12.8. The Kier molecular flexibility index (Phi) is 4.07. The fourth-order valence-electron chi connectivity index (χ4n) is 6.04. The molecule has 7 heteroatoms. The third-order valence-corrected chi connectivity index (χ3v) is 7.63. The zero-order valence-electron chi connectivity index (χ0n) is 16.2. The smallest absolute Gasteiger partial charge is 0.351 e. The Morgan fingerprint density at radius 3 is 2.34 bits per heavy atom. The van der Waals surface area contributed by atoms with Crippen molar-refractivity contribution in [2.24, 2.45) is 11.3 Å². The third-order valence-electron chi connectivity index (χ3n) is 7.63. The summed E-state index contributed by atoms with van der Waals surface area (Å²) in [5.74, 6) is 0.604. The van der Waals surface area contributed by atoms with E-state index in [-0.39, 0.29) is 34.6 Å². The van der Waals surface area contributed by atoms with Gasteiger partial charge < -0.3 is 10.2 Å². The van der Waals surface area contributed by atoms with Crippen molar-refractivity contribution in [1.82, 2.24) is 10.2 Å². The van der Waals surface area contributed by atoms with Crippen molar-refractivity contribution in [3.8, 4) is 0 Å². The molecule has 2 saturated heterocycles. The Morgan fingerprint density at radius 1 is 1.07 bits per heavy atom. The van der Waals surface area contributed by atoms with Gasteiger partial charge in [0.1, 0.15) is 0 Å². The largest absolute Gasteiger partial charge is 0.416 e. The lowest BCUT2D eigenvalue weighted by Crippen LogP contribution is -2.63. The number of hydrogen-bond donors (Lipinski definition) is 1. The van der Waals surface area contributed by atoms with Crippen LogP contribution < -0.4 is 5.32 Å². The number of likely N-dealkylation sites (tertiary alicyclic amines) is 1.